The van der Waals surface area contributed by atoms with Crippen LogP contribution in [0.1, 0.15) is 29.4 Å². The molecular weight excluding hydrogens is 248 g/mol. The van der Waals surface area contributed by atoms with Gasteiger partial charge in [0.1, 0.15) is 0 Å². The molecule has 2 aromatic rings. The second kappa shape index (κ2) is 6.62. The summed E-state index contributed by atoms with van der Waals surface area (Å²) in [6.07, 6.45) is 0. The lowest BCUT2D eigenvalue weighted by Crippen LogP contribution is -2.03. The molecule has 1 aromatic carbocycles. The highest BCUT2D eigenvalue weighted by Crippen LogP contribution is 2.18. The van der Waals surface area contributed by atoms with Crippen molar-refractivity contribution in [2.24, 2.45) is 0 Å². The van der Waals surface area contributed by atoms with Gasteiger partial charge in [0.2, 0.25) is 0 Å². The molecule has 0 unspecified atom stereocenters. The molecule has 0 spiro atoms. The summed E-state index contributed by atoms with van der Waals surface area (Å²) in [4.78, 5) is 0. The summed E-state index contributed by atoms with van der Waals surface area (Å²) in [5.74, 6) is 0. The van der Waals surface area contributed by atoms with Crippen molar-refractivity contribution in [3.8, 4) is 0 Å². The molecule has 0 aliphatic heterocycles. The van der Waals surface area contributed by atoms with Crippen LogP contribution in [0.15, 0.2) is 30.3 Å². The van der Waals surface area contributed by atoms with E-state index in [1.807, 2.05) is 0 Å². The molecule has 0 fully saturated rings. The monoisotopic (exact) mass is 272 g/mol. The molecule has 2 rings (SSSR count). The van der Waals surface area contributed by atoms with E-state index in [4.69, 9.17) is 4.74 Å². The highest BCUT2D eigenvalue weighted by molar-refractivity contribution is 5.46. The van der Waals surface area contributed by atoms with Crippen LogP contribution < -0.4 is 5.32 Å². The van der Waals surface area contributed by atoms with Gasteiger partial charge in [0.15, 0.2) is 0 Å². The van der Waals surface area contributed by atoms with Crippen LogP contribution in [0.25, 0.3) is 0 Å². The van der Waals surface area contributed by atoms with Gasteiger partial charge in [-0.05, 0) is 50.1 Å². The number of aromatic nitrogens is 1. The Balaban J connectivity index is 2.07. The van der Waals surface area contributed by atoms with E-state index in [1.165, 1.54) is 22.5 Å². The van der Waals surface area contributed by atoms with Gasteiger partial charge in [0.05, 0.1) is 6.61 Å². The third-order valence-electron chi connectivity index (χ3n) is 3.72. The Morgan fingerprint density at radius 1 is 1.20 bits per heavy atom. The molecule has 108 valence electrons. The van der Waals surface area contributed by atoms with Gasteiger partial charge in [-0.1, -0.05) is 12.1 Å². The number of hydrogen-bond donors (Lipinski definition) is 1. The highest BCUT2D eigenvalue weighted by atomic mass is 16.5. The average molecular weight is 272 g/mol. The van der Waals surface area contributed by atoms with Gasteiger partial charge in [0.25, 0.3) is 0 Å². The zero-order valence-corrected chi connectivity index (χ0v) is 12.9. The number of benzene rings is 1. The molecular formula is C17H24N2O. The van der Waals surface area contributed by atoms with Crippen LogP contribution in [-0.2, 0) is 24.4 Å². The van der Waals surface area contributed by atoms with Crippen LogP contribution in [-0.4, -0.2) is 11.7 Å². The number of nitrogens with zero attached hydrogens (tertiary/aromatic N) is 1. The topological polar surface area (TPSA) is 26.2 Å². The summed E-state index contributed by atoms with van der Waals surface area (Å²) < 4.78 is 7.51. The molecule has 0 amide bonds. The number of nitrogens with one attached hydrogen (secondary N) is 1. The fourth-order valence-corrected chi connectivity index (χ4v) is 2.67. The van der Waals surface area contributed by atoms with E-state index in [2.05, 4.69) is 61.0 Å². The minimum absolute atomic E-state index is 0.653. The van der Waals surface area contributed by atoms with Gasteiger partial charge >= 0.3 is 0 Å². The first-order chi connectivity index (χ1) is 9.65. The van der Waals surface area contributed by atoms with Crippen LogP contribution in [0.3, 0.4) is 0 Å². The van der Waals surface area contributed by atoms with Gasteiger partial charge in [0, 0.05) is 37.3 Å². The number of rotatable bonds is 6. The van der Waals surface area contributed by atoms with Crippen molar-refractivity contribution in [2.45, 2.75) is 40.5 Å². The first-order valence-electron chi connectivity index (χ1n) is 7.13. The Labute approximate surface area is 121 Å². The summed E-state index contributed by atoms with van der Waals surface area (Å²) in [6.45, 7) is 9.08. The Kier molecular flexibility index (Phi) is 4.85. The number of hydrogen-bond acceptors (Lipinski definition) is 2. The highest BCUT2D eigenvalue weighted by Gasteiger charge is 2.07. The standard InChI is InChI=1S/C17H24N2O/c1-5-19-13(2)9-16(14(19)3)11-18-17-8-6-7-15(10-17)12-20-4/h6-10,18H,5,11-12H2,1-4H3. The molecule has 0 bridgehead atoms. The smallest absolute Gasteiger partial charge is 0.0713 e. The summed E-state index contributed by atoms with van der Waals surface area (Å²) >= 11 is 0. The molecule has 0 atom stereocenters. The van der Waals surface area contributed by atoms with Gasteiger partial charge in [-0.2, -0.15) is 0 Å². The van der Waals surface area contributed by atoms with Gasteiger partial charge < -0.3 is 14.6 Å². The Bertz CT molecular complexity index is 572. The number of ether oxygens (including phenoxy) is 1. The summed E-state index contributed by atoms with van der Waals surface area (Å²) in [5, 5.41) is 3.50. The Morgan fingerprint density at radius 3 is 2.65 bits per heavy atom. The fourth-order valence-electron chi connectivity index (χ4n) is 2.67. The van der Waals surface area contributed by atoms with Gasteiger partial charge in [-0.15, -0.1) is 0 Å². The third-order valence-corrected chi connectivity index (χ3v) is 3.72. The van der Waals surface area contributed by atoms with E-state index in [1.54, 1.807) is 7.11 Å². The number of anilines is 1. The zero-order valence-electron chi connectivity index (χ0n) is 12.9. The van der Waals surface area contributed by atoms with Crippen molar-refractivity contribution < 1.29 is 4.74 Å². The maximum atomic E-state index is 5.17. The normalized spacial score (nSPS) is 10.8. The van der Waals surface area contributed by atoms with Crippen LogP contribution in [0.2, 0.25) is 0 Å². The second-order valence-corrected chi connectivity index (χ2v) is 5.13. The van der Waals surface area contributed by atoms with Crippen molar-refractivity contribution in [1.29, 1.82) is 0 Å². The van der Waals surface area contributed by atoms with E-state index in [9.17, 15) is 0 Å². The Hall–Kier alpha value is -1.74. The van der Waals surface area contributed by atoms with E-state index in [0.29, 0.717) is 6.61 Å². The first-order valence-corrected chi connectivity index (χ1v) is 7.13. The molecule has 3 nitrogen and oxygen atoms in total. The molecule has 0 aliphatic rings. The number of aryl methyl sites for hydroxylation is 1. The molecule has 0 saturated heterocycles. The maximum absolute atomic E-state index is 5.17. The van der Waals surface area contributed by atoms with Crippen LogP contribution in [0, 0.1) is 13.8 Å². The lowest BCUT2D eigenvalue weighted by Gasteiger charge is -2.09. The molecule has 0 aliphatic carbocycles. The fraction of sp³-hybridized carbons (Fsp3) is 0.412. The number of methoxy groups -OCH3 is 1. The van der Waals surface area contributed by atoms with Crippen molar-refractivity contribution in [3.63, 3.8) is 0 Å². The lowest BCUT2D eigenvalue weighted by atomic mass is 10.2. The first kappa shape index (κ1) is 14.7. The molecule has 1 N–H and O–H groups in total. The van der Waals surface area contributed by atoms with E-state index < -0.39 is 0 Å². The lowest BCUT2D eigenvalue weighted by molar-refractivity contribution is 0.185. The van der Waals surface area contributed by atoms with Crippen LogP contribution in [0.5, 0.6) is 0 Å². The van der Waals surface area contributed by atoms with Crippen molar-refractivity contribution in [2.75, 3.05) is 12.4 Å². The molecule has 0 radical (unpaired) electrons. The minimum atomic E-state index is 0.653. The van der Waals surface area contributed by atoms with Crippen molar-refractivity contribution in [1.82, 2.24) is 4.57 Å². The predicted molar refractivity (Wildman–Crippen MR) is 84.1 cm³/mol. The van der Waals surface area contributed by atoms with Crippen molar-refractivity contribution >= 4 is 5.69 Å². The van der Waals surface area contributed by atoms with E-state index in [0.717, 1.165) is 18.8 Å². The quantitative estimate of drug-likeness (QED) is 0.863. The van der Waals surface area contributed by atoms with Gasteiger partial charge in [-0.3, -0.25) is 0 Å². The molecule has 3 heteroatoms. The van der Waals surface area contributed by atoms with E-state index in [-0.39, 0.29) is 0 Å². The molecule has 1 heterocycles. The second-order valence-electron chi connectivity index (χ2n) is 5.13. The maximum Gasteiger partial charge on any atom is 0.0713 e. The SMILES string of the molecule is CCn1c(C)cc(CNc2cccc(COC)c2)c1C. The summed E-state index contributed by atoms with van der Waals surface area (Å²) in [7, 11) is 1.72. The van der Waals surface area contributed by atoms with Crippen LogP contribution in [0.4, 0.5) is 5.69 Å². The average Bonchev–Trinajstić information content (AvgIpc) is 2.71. The molecule has 1 aromatic heterocycles. The van der Waals surface area contributed by atoms with Gasteiger partial charge in [-0.25, -0.2) is 0 Å². The minimum Gasteiger partial charge on any atom is -0.381 e. The van der Waals surface area contributed by atoms with Crippen molar-refractivity contribution in [3.05, 3.63) is 52.8 Å². The van der Waals surface area contributed by atoms with Crippen LogP contribution >= 0.6 is 0 Å². The largest absolute Gasteiger partial charge is 0.381 e. The summed E-state index contributed by atoms with van der Waals surface area (Å²) in [6, 6.07) is 10.6. The molecule has 20 heavy (non-hydrogen) atoms. The Morgan fingerprint density at radius 2 is 2.00 bits per heavy atom. The zero-order chi connectivity index (χ0) is 14.5. The summed E-state index contributed by atoms with van der Waals surface area (Å²) in [5.41, 5.74) is 6.37. The van der Waals surface area contributed by atoms with E-state index >= 15 is 0 Å². The predicted octanol–water partition coefficient (Wildman–Crippen LogP) is 3.88. The third kappa shape index (κ3) is 3.23. The molecule has 0 saturated carbocycles.